The molecule has 0 amide bonds. The predicted octanol–water partition coefficient (Wildman–Crippen LogP) is 3.87. The fourth-order valence-electron chi connectivity index (χ4n) is 3.68. The molecule has 8 heteroatoms. The maximum Gasteiger partial charge on any atom is 0.227 e. The summed E-state index contributed by atoms with van der Waals surface area (Å²) in [6, 6.07) is 9.00. The fraction of sp³-hybridized carbons (Fsp3) is 0.417. The predicted molar refractivity (Wildman–Crippen MR) is 125 cm³/mol. The SMILES string of the molecule is O=c1cc(CN2CCNCC2)occ1OCCCCCOc1ccnc2cc(Cl)ccc12. The molecule has 0 bridgehead atoms. The van der Waals surface area contributed by atoms with Crippen molar-refractivity contribution < 1.29 is 13.9 Å². The fourth-order valence-corrected chi connectivity index (χ4v) is 3.85. The van der Waals surface area contributed by atoms with E-state index in [1.165, 1.54) is 12.3 Å². The number of pyridine rings is 1. The third-order valence-electron chi connectivity index (χ3n) is 5.41. The largest absolute Gasteiger partial charge is 0.493 e. The molecule has 0 aliphatic carbocycles. The Kier molecular flexibility index (Phi) is 7.98. The Hall–Kier alpha value is -2.61. The van der Waals surface area contributed by atoms with Crippen LogP contribution in [-0.4, -0.2) is 49.3 Å². The van der Waals surface area contributed by atoms with Crippen molar-refractivity contribution in [3.05, 3.63) is 63.8 Å². The second-order valence-electron chi connectivity index (χ2n) is 7.83. The van der Waals surface area contributed by atoms with Crippen molar-refractivity contribution in [2.45, 2.75) is 25.8 Å². The number of unbranched alkanes of at least 4 members (excludes halogenated alkanes) is 2. The lowest BCUT2D eigenvalue weighted by Crippen LogP contribution is -2.42. The maximum atomic E-state index is 12.3. The van der Waals surface area contributed by atoms with Gasteiger partial charge in [-0.2, -0.15) is 0 Å². The summed E-state index contributed by atoms with van der Waals surface area (Å²) in [6.07, 6.45) is 5.81. The van der Waals surface area contributed by atoms with E-state index < -0.39 is 0 Å². The van der Waals surface area contributed by atoms with Gasteiger partial charge in [0.2, 0.25) is 11.2 Å². The number of nitrogens with zero attached hydrogens (tertiary/aromatic N) is 2. The molecule has 0 atom stereocenters. The molecular weight excluding hydrogens is 430 g/mol. The summed E-state index contributed by atoms with van der Waals surface area (Å²) in [5.74, 6) is 1.75. The van der Waals surface area contributed by atoms with Crippen molar-refractivity contribution in [1.29, 1.82) is 0 Å². The lowest BCUT2D eigenvalue weighted by Gasteiger charge is -2.26. The highest BCUT2D eigenvalue weighted by Crippen LogP contribution is 2.26. The number of piperazine rings is 1. The summed E-state index contributed by atoms with van der Waals surface area (Å²) in [6.45, 7) is 5.56. The van der Waals surface area contributed by atoms with Crippen LogP contribution in [0.4, 0.5) is 0 Å². The lowest BCUT2D eigenvalue weighted by molar-refractivity contribution is 0.212. The maximum absolute atomic E-state index is 12.3. The normalized spacial score (nSPS) is 14.5. The number of benzene rings is 1. The highest BCUT2D eigenvalue weighted by Gasteiger charge is 2.12. The van der Waals surface area contributed by atoms with Crippen molar-refractivity contribution in [3.8, 4) is 11.5 Å². The molecular formula is C24H28ClN3O4. The molecule has 7 nitrogen and oxygen atoms in total. The number of rotatable bonds is 10. The lowest BCUT2D eigenvalue weighted by atomic mass is 10.2. The highest BCUT2D eigenvalue weighted by atomic mass is 35.5. The Morgan fingerprint density at radius 3 is 2.59 bits per heavy atom. The van der Waals surface area contributed by atoms with Crippen molar-refractivity contribution in [2.24, 2.45) is 0 Å². The average molecular weight is 458 g/mol. The number of ether oxygens (including phenoxy) is 2. The van der Waals surface area contributed by atoms with Gasteiger partial charge < -0.3 is 19.2 Å². The third-order valence-corrected chi connectivity index (χ3v) is 5.65. The molecule has 1 aliphatic heterocycles. The van der Waals surface area contributed by atoms with Crippen LogP contribution in [0.5, 0.6) is 11.5 Å². The zero-order chi connectivity index (χ0) is 22.2. The van der Waals surface area contributed by atoms with E-state index in [9.17, 15) is 4.79 Å². The number of nitrogens with one attached hydrogen (secondary N) is 1. The molecule has 0 spiro atoms. The standard InChI is InChI=1S/C24H28ClN3O4/c25-18-4-5-20-21(14-18)27-7-6-23(20)30-12-2-1-3-13-31-24-17-32-19(15-22(24)29)16-28-10-8-26-9-11-28/h4-7,14-15,17,26H,1-3,8-13,16H2. The molecule has 1 aliphatic rings. The summed E-state index contributed by atoms with van der Waals surface area (Å²) >= 11 is 6.03. The summed E-state index contributed by atoms with van der Waals surface area (Å²) in [7, 11) is 0. The monoisotopic (exact) mass is 457 g/mol. The van der Waals surface area contributed by atoms with E-state index in [0.717, 1.165) is 62.1 Å². The zero-order valence-corrected chi connectivity index (χ0v) is 18.8. The van der Waals surface area contributed by atoms with Gasteiger partial charge in [0.25, 0.3) is 0 Å². The van der Waals surface area contributed by atoms with Gasteiger partial charge in [0, 0.05) is 48.9 Å². The van der Waals surface area contributed by atoms with Crippen molar-refractivity contribution in [2.75, 3.05) is 39.4 Å². The van der Waals surface area contributed by atoms with Gasteiger partial charge in [-0.3, -0.25) is 14.7 Å². The Labute approximate surface area is 192 Å². The molecule has 3 aromatic rings. The second-order valence-corrected chi connectivity index (χ2v) is 8.27. The second kappa shape index (κ2) is 11.3. The molecule has 2 aromatic heterocycles. The van der Waals surface area contributed by atoms with Gasteiger partial charge in [-0.25, -0.2) is 0 Å². The van der Waals surface area contributed by atoms with Crippen LogP contribution in [0.25, 0.3) is 10.9 Å². The van der Waals surface area contributed by atoms with E-state index >= 15 is 0 Å². The topological polar surface area (TPSA) is 76.8 Å². The summed E-state index contributed by atoms with van der Waals surface area (Å²) in [5, 5.41) is 4.92. The third kappa shape index (κ3) is 6.22. The Balaban J connectivity index is 1.16. The number of aromatic nitrogens is 1. The number of hydrogen-bond donors (Lipinski definition) is 1. The van der Waals surface area contributed by atoms with E-state index in [1.54, 1.807) is 6.20 Å². The number of hydrogen-bond acceptors (Lipinski definition) is 7. The zero-order valence-electron chi connectivity index (χ0n) is 18.0. The van der Waals surface area contributed by atoms with Crippen LogP contribution in [0.15, 0.2) is 52.0 Å². The van der Waals surface area contributed by atoms with Crippen LogP contribution in [0.3, 0.4) is 0 Å². The van der Waals surface area contributed by atoms with E-state index in [1.807, 2.05) is 24.3 Å². The number of halogens is 1. The first-order valence-corrected chi connectivity index (χ1v) is 11.4. The first-order valence-electron chi connectivity index (χ1n) is 11.0. The molecule has 0 radical (unpaired) electrons. The first kappa shape index (κ1) is 22.6. The Morgan fingerprint density at radius 1 is 1.03 bits per heavy atom. The van der Waals surface area contributed by atoms with Crippen molar-refractivity contribution >= 4 is 22.5 Å². The minimum atomic E-state index is -0.130. The number of fused-ring (bicyclic) bond motifs is 1. The van der Waals surface area contributed by atoms with Crippen LogP contribution in [-0.2, 0) is 6.54 Å². The molecule has 3 heterocycles. The van der Waals surface area contributed by atoms with E-state index in [4.69, 9.17) is 25.5 Å². The summed E-state index contributed by atoms with van der Waals surface area (Å²) < 4.78 is 17.2. The molecule has 4 rings (SSSR count). The Bertz CT molecular complexity index is 1080. The quantitative estimate of drug-likeness (QED) is 0.463. The molecule has 170 valence electrons. The first-order chi connectivity index (χ1) is 15.7. The van der Waals surface area contributed by atoms with Gasteiger partial charge in [0.1, 0.15) is 17.8 Å². The molecule has 1 N–H and O–H groups in total. The van der Waals surface area contributed by atoms with E-state index in [0.29, 0.717) is 30.5 Å². The minimum Gasteiger partial charge on any atom is -0.493 e. The Morgan fingerprint density at radius 2 is 1.81 bits per heavy atom. The van der Waals surface area contributed by atoms with E-state index in [2.05, 4.69) is 15.2 Å². The van der Waals surface area contributed by atoms with Crippen LogP contribution in [0.1, 0.15) is 25.0 Å². The van der Waals surface area contributed by atoms with Crippen LogP contribution in [0.2, 0.25) is 5.02 Å². The van der Waals surface area contributed by atoms with Crippen molar-refractivity contribution in [3.63, 3.8) is 0 Å². The molecule has 1 fully saturated rings. The van der Waals surface area contributed by atoms with Gasteiger partial charge in [-0.1, -0.05) is 11.6 Å². The van der Waals surface area contributed by atoms with Crippen molar-refractivity contribution in [1.82, 2.24) is 15.2 Å². The van der Waals surface area contributed by atoms with Gasteiger partial charge in [0.15, 0.2) is 0 Å². The van der Waals surface area contributed by atoms with Gasteiger partial charge in [-0.15, -0.1) is 0 Å². The van der Waals surface area contributed by atoms with Crippen LogP contribution >= 0.6 is 11.6 Å². The van der Waals surface area contributed by atoms with Gasteiger partial charge >= 0.3 is 0 Å². The van der Waals surface area contributed by atoms with Crippen LogP contribution in [0, 0.1) is 0 Å². The molecule has 1 aromatic carbocycles. The average Bonchev–Trinajstić information content (AvgIpc) is 2.80. The highest BCUT2D eigenvalue weighted by molar-refractivity contribution is 6.31. The van der Waals surface area contributed by atoms with E-state index in [-0.39, 0.29) is 11.2 Å². The summed E-state index contributed by atoms with van der Waals surface area (Å²) in [4.78, 5) is 18.9. The molecule has 0 saturated carbocycles. The van der Waals surface area contributed by atoms with Gasteiger partial charge in [0.05, 0.1) is 25.3 Å². The van der Waals surface area contributed by atoms with Gasteiger partial charge in [-0.05, 0) is 43.5 Å². The molecule has 0 unspecified atom stereocenters. The smallest absolute Gasteiger partial charge is 0.227 e. The minimum absolute atomic E-state index is 0.130. The molecule has 1 saturated heterocycles. The molecule has 32 heavy (non-hydrogen) atoms. The van der Waals surface area contributed by atoms with Crippen LogP contribution < -0.4 is 20.2 Å². The summed E-state index contributed by atoms with van der Waals surface area (Å²) in [5.41, 5.74) is 0.690.